The number of imidazole rings is 1. The van der Waals surface area contributed by atoms with Gasteiger partial charge in [0.1, 0.15) is 5.75 Å². The van der Waals surface area contributed by atoms with Crippen molar-refractivity contribution in [1.82, 2.24) is 9.13 Å². The number of aromatic hydroxyl groups is 1. The molecule has 1 N–H and O–H groups in total. The molecule has 0 unspecified atom stereocenters. The molecule has 8 heteroatoms. The van der Waals surface area contributed by atoms with Gasteiger partial charge in [0.15, 0.2) is 5.78 Å². The fourth-order valence-corrected chi connectivity index (χ4v) is 4.70. The van der Waals surface area contributed by atoms with Crippen LogP contribution in [0.15, 0.2) is 84.1 Å². The first-order valence-corrected chi connectivity index (χ1v) is 13.7. The summed E-state index contributed by atoms with van der Waals surface area (Å²) in [6.07, 6.45) is 3.78. The number of Topliss-reactive ketones (excluding diaryl/α,β-unsaturated/α-hetero) is 1. The molecule has 4 rings (SSSR count). The Labute approximate surface area is 258 Å². The molecule has 0 aliphatic rings. The highest BCUT2D eigenvalue weighted by molar-refractivity contribution is 8.93. The van der Waals surface area contributed by atoms with E-state index in [2.05, 4.69) is 0 Å². The number of hydrogen-bond acceptors (Lipinski definition) is 5. The largest absolute Gasteiger partial charge is 0.507 e. The molecule has 0 amide bonds. The van der Waals surface area contributed by atoms with Crippen LogP contribution in [0.3, 0.4) is 0 Å². The van der Waals surface area contributed by atoms with Gasteiger partial charge < -0.3 is 19.0 Å². The van der Waals surface area contributed by atoms with Crippen molar-refractivity contribution in [3.05, 3.63) is 113 Å². The van der Waals surface area contributed by atoms with E-state index in [9.17, 15) is 14.7 Å². The lowest BCUT2D eigenvalue weighted by Crippen LogP contribution is -2.29. The average Bonchev–Trinajstić information content (AvgIpc) is 3.28. The number of rotatable bonds is 7. The van der Waals surface area contributed by atoms with Crippen LogP contribution in [-0.2, 0) is 28.7 Å². The van der Waals surface area contributed by atoms with Gasteiger partial charge >= 0.3 is 5.97 Å². The number of hydrogen-bond donors (Lipinski definition) is 1. The molecule has 0 saturated carbocycles. The summed E-state index contributed by atoms with van der Waals surface area (Å²) in [5, 5.41) is 11.1. The van der Waals surface area contributed by atoms with Crippen molar-refractivity contribution >= 4 is 34.4 Å². The first-order valence-electron chi connectivity index (χ1n) is 13.7. The van der Waals surface area contributed by atoms with Crippen LogP contribution in [0.25, 0.3) is 0 Å². The van der Waals surface area contributed by atoms with Crippen LogP contribution < -0.4 is 5.62 Å². The van der Waals surface area contributed by atoms with Crippen molar-refractivity contribution in [2.75, 3.05) is 7.11 Å². The minimum Gasteiger partial charge on any atom is -0.507 e. The lowest BCUT2D eigenvalue weighted by atomic mass is 9.78. The molecule has 42 heavy (non-hydrogen) atoms. The van der Waals surface area contributed by atoms with Crippen LogP contribution in [0, 0.1) is 0 Å². The third kappa shape index (κ3) is 7.48. The number of phenolic OH excluding ortho intramolecular Hbond substituents is 1. The van der Waals surface area contributed by atoms with Crippen molar-refractivity contribution in [3.63, 3.8) is 0 Å². The van der Waals surface area contributed by atoms with E-state index in [4.69, 9.17) is 9.73 Å². The number of ether oxygens (including phenoxy) is 1. The number of esters is 1. The predicted molar refractivity (Wildman–Crippen MR) is 171 cm³/mol. The van der Waals surface area contributed by atoms with Crippen LogP contribution in [0.5, 0.6) is 5.75 Å². The molecule has 0 radical (unpaired) electrons. The summed E-state index contributed by atoms with van der Waals surface area (Å²) < 4.78 is 8.64. The zero-order valence-electron chi connectivity index (χ0n) is 25.3. The Bertz CT molecular complexity index is 1590. The molecule has 3 aromatic carbocycles. The lowest BCUT2D eigenvalue weighted by molar-refractivity contribution is 0.0600. The summed E-state index contributed by atoms with van der Waals surface area (Å²) in [6.45, 7) is 12.8. The van der Waals surface area contributed by atoms with E-state index >= 15 is 0 Å². The highest BCUT2D eigenvalue weighted by Crippen LogP contribution is 2.39. The Kier molecular flexibility index (Phi) is 10.0. The van der Waals surface area contributed by atoms with E-state index < -0.39 is 5.97 Å². The lowest BCUT2D eigenvalue weighted by Gasteiger charge is -2.28. The van der Waals surface area contributed by atoms with E-state index in [0.717, 1.165) is 16.7 Å². The van der Waals surface area contributed by atoms with Crippen molar-refractivity contribution in [1.29, 1.82) is 0 Å². The van der Waals surface area contributed by atoms with Crippen LogP contribution in [0.2, 0.25) is 0 Å². The number of nitrogens with zero attached hydrogens (tertiary/aromatic N) is 3. The zero-order valence-corrected chi connectivity index (χ0v) is 27.1. The van der Waals surface area contributed by atoms with Gasteiger partial charge in [-0.25, -0.2) is 9.79 Å². The molecule has 0 aliphatic carbocycles. The maximum Gasteiger partial charge on any atom is 0.337 e. The molecular weight excluding hydrogens is 594 g/mol. The Morgan fingerprint density at radius 1 is 0.810 bits per heavy atom. The number of phenols is 1. The van der Waals surface area contributed by atoms with E-state index in [-0.39, 0.29) is 45.9 Å². The number of carbonyl (C=O) groups excluding carboxylic acids is 2. The topological polar surface area (TPSA) is 85.8 Å². The van der Waals surface area contributed by atoms with Gasteiger partial charge in [-0.2, -0.15) is 0 Å². The summed E-state index contributed by atoms with van der Waals surface area (Å²) in [7, 11) is 1.35. The van der Waals surface area contributed by atoms with E-state index in [1.54, 1.807) is 24.3 Å². The van der Waals surface area contributed by atoms with Gasteiger partial charge in [0.05, 0.1) is 31.5 Å². The van der Waals surface area contributed by atoms with E-state index in [1.807, 2.05) is 106 Å². The van der Waals surface area contributed by atoms with E-state index in [0.29, 0.717) is 29.0 Å². The highest BCUT2D eigenvalue weighted by Gasteiger charge is 2.28. The molecule has 1 heterocycles. The average molecular weight is 635 g/mol. The SMILES string of the molecule is Br.COC(=O)c1ccc(/N=c2/n(CC(=O)c3cc(C(C)(C)C)c(O)c(C(C)(C)C)c3)ccn2Cc2ccccc2)cc1. The van der Waals surface area contributed by atoms with Crippen molar-refractivity contribution in [3.8, 4) is 5.75 Å². The summed E-state index contributed by atoms with van der Waals surface area (Å²) in [4.78, 5) is 30.6. The minimum atomic E-state index is -0.414. The molecule has 0 atom stereocenters. The number of carbonyl (C=O) groups is 2. The van der Waals surface area contributed by atoms with Gasteiger partial charge in [0, 0.05) is 29.1 Å². The molecule has 0 bridgehead atoms. The van der Waals surface area contributed by atoms with Gasteiger partial charge in [-0.1, -0.05) is 71.9 Å². The first kappa shape index (κ1) is 32.6. The summed E-state index contributed by atoms with van der Waals surface area (Å²) >= 11 is 0. The molecule has 7 nitrogen and oxygen atoms in total. The highest BCUT2D eigenvalue weighted by atomic mass is 79.9. The second kappa shape index (κ2) is 12.9. The van der Waals surface area contributed by atoms with E-state index in [1.165, 1.54) is 7.11 Å². The predicted octanol–water partition coefficient (Wildman–Crippen LogP) is 7.12. The van der Waals surface area contributed by atoms with Gasteiger partial charge in [-0.15, -0.1) is 17.0 Å². The maximum absolute atomic E-state index is 13.8. The van der Waals surface area contributed by atoms with Crippen LogP contribution in [-0.4, -0.2) is 33.1 Å². The quantitative estimate of drug-likeness (QED) is 0.173. The normalized spacial score (nSPS) is 12.1. The molecule has 0 aliphatic heterocycles. The number of aromatic nitrogens is 2. The number of halogens is 1. The van der Waals surface area contributed by atoms with Crippen LogP contribution in [0.1, 0.15) is 78.9 Å². The smallest absolute Gasteiger partial charge is 0.337 e. The second-order valence-corrected chi connectivity index (χ2v) is 12.3. The summed E-state index contributed by atoms with van der Waals surface area (Å²) in [6, 6.07) is 20.5. The van der Waals surface area contributed by atoms with Crippen LogP contribution in [0.4, 0.5) is 5.69 Å². The standard InChI is InChI=1S/C34H39N3O4.BrH/c1-33(2,3)27-19-25(20-28(30(27)39)34(4,5)6)29(38)22-37-18-17-36(21-23-11-9-8-10-12-23)32(37)35-26-15-13-24(14-16-26)31(40)41-7;/h8-20,39H,21-22H2,1-7H3;1H/b35-32+;. The molecular formula is C34H40BrN3O4. The first-order chi connectivity index (χ1) is 19.3. The van der Waals surface area contributed by atoms with Crippen molar-refractivity contribution < 1.29 is 19.4 Å². The minimum absolute atomic E-state index is 0. The Balaban J connectivity index is 0.00000484. The molecule has 0 spiro atoms. The number of ketones is 1. The molecule has 0 fully saturated rings. The molecule has 0 saturated heterocycles. The molecule has 1 aromatic heterocycles. The number of benzene rings is 3. The fourth-order valence-electron chi connectivity index (χ4n) is 4.70. The monoisotopic (exact) mass is 633 g/mol. The summed E-state index contributed by atoms with van der Waals surface area (Å²) in [5.74, 6) is -0.252. The third-order valence-electron chi connectivity index (χ3n) is 7.02. The van der Waals surface area contributed by atoms with Gasteiger partial charge in [-0.3, -0.25) is 4.79 Å². The Morgan fingerprint density at radius 3 is 1.88 bits per heavy atom. The number of methoxy groups -OCH3 is 1. The Morgan fingerprint density at radius 2 is 1.36 bits per heavy atom. The second-order valence-electron chi connectivity index (χ2n) is 12.3. The van der Waals surface area contributed by atoms with Gasteiger partial charge in [-0.05, 0) is 52.8 Å². The van der Waals surface area contributed by atoms with Gasteiger partial charge in [0.25, 0.3) is 0 Å². The molecule has 222 valence electrons. The third-order valence-corrected chi connectivity index (χ3v) is 7.02. The van der Waals surface area contributed by atoms with Gasteiger partial charge in [0.2, 0.25) is 5.62 Å². The Hall–Kier alpha value is -3.91. The van der Waals surface area contributed by atoms with Crippen LogP contribution >= 0.6 is 17.0 Å². The van der Waals surface area contributed by atoms with Crippen molar-refractivity contribution in [2.45, 2.75) is 65.5 Å². The van der Waals surface area contributed by atoms with Crippen molar-refractivity contribution in [2.24, 2.45) is 4.99 Å². The maximum atomic E-state index is 13.8. The zero-order chi connectivity index (χ0) is 29.9. The fraction of sp³-hybridized carbons (Fsp3) is 0.324. The summed E-state index contributed by atoms with van der Waals surface area (Å²) in [5.41, 5.74) is 4.13. The molecule has 4 aromatic rings.